The molecule has 3 atom stereocenters. The topological polar surface area (TPSA) is 0 Å². The van der Waals surface area contributed by atoms with Gasteiger partial charge in [0.2, 0.25) is 0 Å². The lowest BCUT2D eigenvalue weighted by atomic mass is 9.76. The Morgan fingerprint density at radius 1 is 0.938 bits per heavy atom. The smallest absolute Gasteiger partial charge is 0.00897 e. The summed E-state index contributed by atoms with van der Waals surface area (Å²) in [5.41, 5.74) is 8.44. The molecule has 2 aromatic rings. The van der Waals surface area contributed by atoms with Gasteiger partial charge in [-0.1, -0.05) is 118 Å². The fraction of sp³-hybridized carbons (Fsp3) is 0.312. The van der Waals surface area contributed by atoms with Crippen LogP contribution in [0.4, 0.5) is 0 Å². The second-order valence-corrected chi connectivity index (χ2v) is 9.18. The molecule has 164 valence electrons. The predicted molar refractivity (Wildman–Crippen MR) is 140 cm³/mol. The van der Waals surface area contributed by atoms with Gasteiger partial charge in [-0.15, -0.1) is 0 Å². The van der Waals surface area contributed by atoms with E-state index in [1.807, 2.05) is 0 Å². The molecule has 0 aromatic heterocycles. The van der Waals surface area contributed by atoms with E-state index >= 15 is 0 Å². The maximum atomic E-state index is 4.64. The van der Waals surface area contributed by atoms with E-state index < -0.39 is 0 Å². The Balaban J connectivity index is 1.86. The zero-order chi connectivity index (χ0) is 22.5. The third-order valence-corrected chi connectivity index (χ3v) is 7.30. The summed E-state index contributed by atoms with van der Waals surface area (Å²) in [7, 11) is 0. The van der Waals surface area contributed by atoms with Crippen LogP contribution in [0.25, 0.3) is 5.57 Å². The normalized spacial score (nSPS) is 19.4. The molecule has 0 amide bonds. The largest absolute Gasteiger partial charge is 0.0946 e. The SMILES string of the molecule is C=C(c1cc(C(C)C2C=CC=C2)cc(C(CC)c2ccccc2)c1CC)C1C=CC=CC1. The molecule has 0 radical (unpaired) electrons. The highest BCUT2D eigenvalue weighted by Crippen LogP contribution is 2.41. The summed E-state index contributed by atoms with van der Waals surface area (Å²) in [5, 5.41) is 0. The van der Waals surface area contributed by atoms with E-state index in [1.165, 1.54) is 33.4 Å². The lowest BCUT2D eigenvalue weighted by Gasteiger charge is -2.28. The Morgan fingerprint density at radius 2 is 1.66 bits per heavy atom. The van der Waals surface area contributed by atoms with Crippen molar-refractivity contribution in [2.24, 2.45) is 11.8 Å². The van der Waals surface area contributed by atoms with Crippen molar-refractivity contribution in [3.05, 3.63) is 125 Å². The van der Waals surface area contributed by atoms with Crippen LogP contribution in [-0.4, -0.2) is 0 Å². The van der Waals surface area contributed by atoms with Gasteiger partial charge in [-0.3, -0.25) is 0 Å². The van der Waals surface area contributed by atoms with E-state index in [1.54, 1.807) is 0 Å². The monoisotopic (exact) mass is 420 g/mol. The first kappa shape index (κ1) is 22.3. The molecule has 4 rings (SSSR count). The van der Waals surface area contributed by atoms with Crippen LogP contribution in [0, 0.1) is 11.8 Å². The standard InChI is InChI=1S/C32H36/c1-5-29(27-19-11-8-12-20-27)32-22-28(23(3)25-17-13-14-18-25)21-31(30(32)6-2)24(4)26-15-9-7-10-16-26/h7-15,17-23,25-26,29H,4-6,16H2,1-3H3. The van der Waals surface area contributed by atoms with Gasteiger partial charge in [-0.2, -0.15) is 0 Å². The van der Waals surface area contributed by atoms with E-state index in [9.17, 15) is 0 Å². The number of hydrogen-bond acceptors (Lipinski definition) is 0. The Bertz CT molecular complexity index is 1050. The Labute approximate surface area is 194 Å². The molecule has 2 aromatic carbocycles. The first-order valence-electron chi connectivity index (χ1n) is 12.2. The van der Waals surface area contributed by atoms with Crippen LogP contribution in [0.3, 0.4) is 0 Å². The van der Waals surface area contributed by atoms with Crippen molar-refractivity contribution in [2.45, 2.75) is 51.9 Å². The van der Waals surface area contributed by atoms with Crippen molar-refractivity contribution in [1.82, 2.24) is 0 Å². The molecule has 32 heavy (non-hydrogen) atoms. The van der Waals surface area contributed by atoms with Crippen molar-refractivity contribution >= 4 is 5.57 Å². The zero-order valence-electron chi connectivity index (χ0n) is 19.8. The molecule has 2 aliphatic carbocycles. The van der Waals surface area contributed by atoms with Crippen LogP contribution in [-0.2, 0) is 6.42 Å². The third-order valence-electron chi connectivity index (χ3n) is 7.30. The maximum absolute atomic E-state index is 4.64. The second kappa shape index (κ2) is 10.2. The fourth-order valence-corrected chi connectivity index (χ4v) is 5.34. The second-order valence-electron chi connectivity index (χ2n) is 9.18. The maximum Gasteiger partial charge on any atom is 0.00897 e. The van der Waals surface area contributed by atoms with Crippen molar-refractivity contribution < 1.29 is 0 Å². The Hall–Kier alpha value is -2.86. The number of benzene rings is 2. The van der Waals surface area contributed by atoms with Crippen LogP contribution >= 0.6 is 0 Å². The van der Waals surface area contributed by atoms with E-state index in [4.69, 9.17) is 0 Å². The molecule has 3 unspecified atom stereocenters. The van der Waals surface area contributed by atoms with Crippen LogP contribution < -0.4 is 0 Å². The molecule has 0 fully saturated rings. The van der Waals surface area contributed by atoms with Crippen molar-refractivity contribution in [3.8, 4) is 0 Å². The minimum Gasteiger partial charge on any atom is -0.0946 e. The first-order chi connectivity index (χ1) is 15.6. The van der Waals surface area contributed by atoms with Gasteiger partial charge in [0.25, 0.3) is 0 Å². The van der Waals surface area contributed by atoms with Crippen LogP contribution in [0.1, 0.15) is 73.3 Å². The van der Waals surface area contributed by atoms with Crippen molar-refractivity contribution in [2.75, 3.05) is 0 Å². The summed E-state index contributed by atoms with van der Waals surface area (Å²) < 4.78 is 0. The van der Waals surface area contributed by atoms with E-state index in [-0.39, 0.29) is 0 Å². The molecule has 0 N–H and O–H groups in total. The average molecular weight is 421 g/mol. The van der Waals surface area contributed by atoms with E-state index in [2.05, 4.69) is 118 Å². The predicted octanol–water partition coefficient (Wildman–Crippen LogP) is 8.78. The van der Waals surface area contributed by atoms with Gasteiger partial charge < -0.3 is 0 Å². The quantitative estimate of drug-likeness (QED) is 0.400. The van der Waals surface area contributed by atoms with Gasteiger partial charge in [0, 0.05) is 17.8 Å². The molecule has 0 heterocycles. The lowest BCUT2D eigenvalue weighted by Crippen LogP contribution is -2.12. The van der Waals surface area contributed by atoms with E-state index in [0.717, 1.165) is 19.3 Å². The summed E-state index contributed by atoms with van der Waals surface area (Å²) in [6.07, 6.45) is 21.1. The number of rotatable bonds is 8. The van der Waals surface area contributed by atoms with E-state index in [0.29, 0.717) is 23.7 Å². The average Bonchev–Trinajstić information content (AvgIpc) is 3.39. The van der Waals surface area contributed by atoms with Gasteiger partial charge in [-0.25, -0.2) is 0 Å². The molecule has 2 aliphatic rings. The molecule has 0 heteroatoms. The van der Waals surface area contributed by atoms with Crippen molar-refractivity contribution in [1.29, 1.82) is 0 Å². The van der Waals surface area contributed by atoms with Gasteiger partial charge in [0.1, 0.15) is 0 Å². The lowest BCUT2D eigenvalue weighted by molar-refractivity contribution is 0.649. The van der Waals surface area contributed by atoms with Crippen LogP contribution in [0.5, 0.6) is 0 Å². The zero-order valence-corrected chi connectivity index (χ0v) is 19.8. The van der Waals surface area contributed by atoms with Crippen molar-refractivity contribution in [3.63, 3.8) is 0 Å². The van der Waals surface area contributed by atoms with Crippen LogP contribution in [0.15, 0.2) is 97.7 Å². The molecular weight excluding hydrogens is 384 g/mol. The molecule has 0 saturated carbocycles. The number of hydrogen-bond donors (Lipinski definition) is 0. The van der Waals surface area contributed by atoms with Crippen LogP contribution in [0.2, 0.25) is 0 Å². The summed E-state index contributed by atoms with van der Waals surface area (Å²) in [4.78, 5) is 0. The molecule has 0 nitrogen and oxygen atoms in total. The summed E-state index contributed by atoms with van der Waals surface area (Å²) in [6, 6.07) is 16.0. The Kier molecular flexibility index (Phi) is 7.10. The highest BCUT2D eigenvalue weighted by molar-refractivity contribution is 5.72. The first-order valence-corrected chi connectivity index (χ1v) is 12.2. The molecule has 0 bridgehead atoms. The highest BCUT2D eigenvalue weighted by atomic mass is 14.3. The third kappa shape index (κ3) is 4.51. The Morgan fingerprint density at radius 3 is 2.28 bits per heavy atom. The summed E-state index contributed by atoms with van der Waals surface area (Å²) in [5.74, 6) is 1.69. The summed E-state index contributed by atoms with van der Waals surface area (Å²) >= 11 is 0. The van der Waals surface area contributed by atoms with Gasteiger partial charge in [-0.05, 0) is 58.6 Å². The number of allylic oxidation sites excluding steroid dienone is 9. The fourth-order valence-electron chi connectivity index (χ4n) is 5.34. The molecular formula is C32H36. The van der Waals surface area contributed by atoms with Gasteiger partial charge in [0.15, 0.2) is 0 Å². The minimum atomic E-state index is 0.381. The van der Waals surface area contributed by atoms with Gasteiger partial charge in [0.05, 0.1) is 0 Å². The minimum absolute atomic E-state index is 0.381. The van der Waals surface area contributed by atoms with Gasteiger partial charge >= 0.3 is 0 Å². The highest BCUT2D eigenvalue weighted by Gasteiger charge is 2.25. The molecule has 0 aliphatic heterocycles. The molecule has 0 saturated heterocycles. The molecule has 0 spiro atoms. The summed E-state index contributed by atoms with van der Waals surface area (Å²) in [6.45, 7) is 11.6.